The molecule has 2 aromatic carbocycles. The normalized spacial score (nSPS) is 17.8. The Hall–Kier alpha value is -4.38. The van der Waals surface area contributed by atoms with E-state index < -0.39 is 40.9 Å². The van der Waals surface area contributed by atoms with Crippen LogP contribution in [-0.4, -0.2) is 51.1 Å². The summed E-state index contributed by atoms with van der Waals surface area (Å²) < 4.78 is 4.96. The average Bonchev–Trinajstić information content (AvgIpc) is 3.41. The van der Waals surface area contributed by atoms with Crippen molar-refractivity contribution in [3.8, 4) is 0 Å². The van der Waals surface area contributed by atoms with Gasteiger partial charge in [-0.05, 0) is 18.4 Å². The fourth-order valence-corrected chi connectivity index (χ4v) is 4.20. The van der Waals surface area contributed by atoms with Crippen LogP contribution >= 0.6 is 0 Å². The molecular formula is C26H29N6O5+. The number of nitrogens with zero attached hydrogens (tertiary/aromatic N) is 3. The smallest absolute Gasteiger partial charge is 0.418 e. The van der Waals surface area contributed by atoms with E-state index in [0.717, 1.165) is 16.7 Å². The number of imide groups is 1. The quantitative estimate of drug-likeness (QED) is 0.284. The summed E-state index contributed by atoms with van der Waals surface area (Å²) in [6.45, 7) is 5.16. The highest BCUT2D eigenvalue weighted by atomic mass is 16.4. The summed E-state index contributed by atoms with van der Waals surface area (Å²) in [5.74, 6) is -1.36. The number of aryl methyl sites for hydroxylation is 1. The number of benzene rings is 2. The van der Waals surface area contributed by atoms with Gasteiger partial charge < -0.3 is 9.73 Å². The van der Waals surface area contributed by atoms with E-state index in [1.165, 1.54) is 0 Å². The number of hydrogen-bond donors (Lipinski definition) is 3. The first-order chi connectivity index (χ1) is 17.6. The first-order valence-electron chi connectivity index (χ1n) is 11.9. The highest BCUT2D eigenvalue weighted by molar-refractivity contribution is 5.99. The van der Waals surface area contributed by atoms with Gasteiger partial charge in [0.05, 0.1) is 12.5 Å². The third-order valence-electron chi connectivity index (χ3n) is 6.01. The minimum atomic E-state index is -0.974. The molecule has 11 nitrogen and oxygen atoms in total. The number of urea groups is 2. The predicted octanol–water partition coefficient (Wildman–Crippen LogP) is 2.66. The van der Waals surface area contributed by atoms with Crippen molar-refractivity contribution in [2.75, 3.05) is 6.54 Å². The van der Waals surface area contributed by atoms with Crippen LogP contribution in [0.5, 0.6) is 0 Å². The van der Waals surface area contributed by atoms with Crippen LogP contribution in [0.15, 0.2) is 59.0 Å². The highest BCUT2D eigenvalue weighted by Gasteiger charge is 2.49. The Morgan fingerprint density at radius 1 is 1.03 bits per heavy atom. The molecule has 1 aromatic heterocycles. The molecule has 0 radical (unpaired) electrons. The van der Waals surface area contributed by atoms with Gasteiger partial charge in [-0.25, -0.2) is 14.9 Å². The van der Waals surface area contributed by atoms with Crippen LogP contribution in [0.3, 0.4) is 0 Å². The maximum Gasteiger partial charge on any atom is 0.450 e. The Kier molecular flexibility index (Phi) is 7.44. The maximum absolute atomic E-state index is 13.2. The Morgan fingerprint density at radius 2 is 1.76 bits per heavy atom. The van der Waals surface area contributed by atoms with Crippen molar-refractivity contribution in [1.82, 2.24) is 26.3 Å². The van der Waals surface area contributed by atoms with Crippen LogP contribution in [-0.2, 0) is 17.8 Å². The third-order valence-corrected chi connectivity index (χ3v) is 6.01. The number of rotatable bonds is 10. The molecule has 0 aliphatic carbocycles. The second-order valence-corrected chi connectivity index (χ2v) is 9.46. The number of amides is 5. The van der Waals surface area contributed by atoms with Crippen molar-refractivity contribution in [3.63, 3.8) is 0 Å². The molecule has 1 aliphatic heterocycles. The van der Waals surface area contributed by atoms with E-state index in [-0.39, 0.29) is 24.2 Å². The van der Waals surface area contributed by atoms with Crippen molar-refractivity contribution in [2.45, 2.75) is 39.8 Å². The van der Waals surface area contributed by atoms with Crippen LogP contribution in [0, 0.1) is 12.8 Å². The fraction of sp³-hybridized carbons (Fsp3) is 0.308. The SMILES string of the molecule is Cc1cccc(Cc2nnc(C(=O)[C@@H](NC(=O)C[N+]3(Cc4ccccc4)NC(=O)NC3=O)C(C)C)o2)c1. The van der Waals surface area contributed by atoms with E-state index in [0.29, 0.717) is 6.42 Å². The molecule has 5 amide bonds. The molecule has 1 unspecified atom stereocenters. The van der Waals surface area contributed by atoms with Crippen LogP contribution in [0.1, 0.15) is 47.1 Å². The topological polar surface area (TPSA) is 143 Å². The predicted molar refractivity (Wildman–Crippen MR) is 132 cm³/mol. The number of quaternary nitrogens is 1. The summed E-state index contributed by atoms with van der Waals surface area (Å²) in [5.41, 5.74) is 5.34. The Morgan fingerprint density at radius 3 is 2.41 bits per heavy atom. The van der Waals surface area contributed by atoms with Crippen LogP contribution in [0.25, 0.3) is 0 Å². The molecule has 3 aromatic rings. The summed E-state index contributed by atoms with van der Waals surface area (Å²) in [6, 6.07) is 14.5. The van der Waals surface area contributed by atoms with Gasteiger partial charge in [-0.3, -0.25) is 9.59 Å². The second kappa shape index (κ2) is 10.7. The van der Waals surface area contributed by atoms with E-state index in [4.69, 9.17) is 4.42 Å². The van der Waals surface area contributed by atoms with Gasteiger partial charge >= 0.3 is 12.1 Å². The number of Topliss-reactive ketones (excluding diaryl/α,β-unsaturated/α-hetero) is 1. The summed E-state index contributed by atoms with van der Waals surface area (Å²) in [7, 11) is 0. The van der Waals surface area contributed by atoms with E-state index in [2.05, 4.69) is 26.3 Å². The van der Waals surface area contributed by atoms with Gasteiger partial charge in [0.15, 0.2) is 6.54 Å². The summed E-state index contributed by atoms with van der Waals surface area (Å²) >= 11 is 0. The molecule has 192 valence electrons. The van der Waals surface area contributed by atoms with Crippen LogP contribution in [0.2, 0.25) is 0 Å². The maximum atomic E-state index is 13.2. The van der Waals surface area contributed by atoms with Crippen LogP contribution in [0.4, 0.5) is 9.59 Å². The number of carbonyl (C=O) groups is 4. The molecule has 0 spiro atoms. The zero-order valence-corrected chi connectivity index (χ0v) is 20.9. The van der Waals surface area contributed by atoms with E-state index >= 15 is 0 Å². The number of ketones is 1. The van der Waals surface area contributed by atoms with Crippen molar-refractivity contribution in [2.24, 2.45) is 5.92 Å². The molecule has 2 atom stereocenters. The molecule has 1 fully saturated rings. The lowest BCUT2D eigenvalue weighted by atomic mass is 9.99. The van der Waals surface area contributed by atoms with Gasteiger partial charge in [0.2, 0.25) is 11.7 Å². The van der Waals surface area contributed by atoms with E-state index in [9.17, 15) is 19.2 Å². The number of nitrogens with one attached hydrogen (secondary N) is 3. The molecule has 4 rings (SSSR count). The first kappa shape index (κ1) is 25.7. The van der Waals surface area contributed by atoms with Gasteiger partial charge in [-0.2, -0.15) is 5.43 Å². The molecule has 1 saturated heterocycles. The second-order valence-electron chi connectivity index (χ2n) is 9.46. The van der Waals surface area contributed by atoms with Crippen molar-refractivity contribution in [3.05, 3.63) is 83.1 Å². The summed E-state index contributed by atoms with van der Waals surface area (Å²) in [6.07, 6.45) is 0.370. The number of hydrogen-bond acceptors (Lipinski definition) is 7. The fourth-order valence-electron chi connectivity index (χ4n) is 4.20. The zero-order chi connectivity index (χ0) is 26.6. The lowest BCUT2D eigenvalue weighted by Crippen LogP contribution is -2.61. The zero-order valence-electron chi connectivity index (χ0n) is 20.9. The summed E-state index contributed by atoms with van der Waals surface area (Å²) in [5, 5.41) is 12.8. The number of carbonyl (C=O) groups excluding carboxylic acids is 4. The van der Waals surface area contributed by atoms with Gasteiger partial charge in [0.1, 0.15) is 6.54 Å². The van der Waals surface area contributed by atoms with Gasteiger partial charge in [-0.15, -0.1) is 14.8 Å². The molecule has 37 heavy (non-hydrogen) atoms. The standard InChI is InChI=1S/C26H28N6O5/c1-16(2)22(23(34)24-30-29-21(37-24)13-19-11-7-8-17(3)12-19)27-20(33)15-32(26(36)28-25(35)31-32)14-18-9-5-4-6-10-18/h4-12,16,22H,13-15H2,1-3H3,(H2-,27,28,31,33,35,36)/p+1/t22-,32?/m0/s1. The molecule has 3 N–H and O–H groups in total. The lowest BCUT2D eigenvalue weighted by molar-refractivity contribution is -0.884. The van der Waals surface area contributed by atoms with Crippen molar-refractivity contribution >= 4 is 23.8 Å². The molecule has 11 heteroatoms. The average molecular weight is 506 g/mol. The minimum Gasteiger partial charge on any atom is -0.418 e. The van der Waals surface area contributed by atoms with Gasteiger partial charge in [0.25, 0.3) is 11.8 Å². The Labute approximate surface area is 213 Å². The van der Waals surface area contributed by atoms with E-state index in [1.807, 2.05) is 37.3 Å². The number of aromatic nitrogens is 2. The molecular weight excluding hydrogens is 476 g/mol. The molecule has 2 heterocycles. The largest absolute Gasteiger partial charge is 0.450 e. The van der Waals surface area contributed by atoms with Crippen LogP contribution < -0.4 is 16.1 Å². The first-order valence-corrected chi connectivity index (χ1v) is 11.9. The Bertz CT molecular complexity index is 1320. The monoisotopic (exact) mass is 505 g/mol. The Balaban J connectivity index is 1.47. The van der Waals surface area contributed by atoms with Crippen molar-refractivity contribution < 1.29 is 28.2 Å². The van der Waals surface area contributed by atoms with E-state index in [1.54, 1.807) is 38.1 Å². The van der Waals surface area contributed by atoms with Gasteiger partial charge in [-0.1, -0.05) is 74.0 Å². The summed E-state index contributed by atoms with van der Waals surface area (Å²) in [4.78, 5) is 50.9. The third kappa shape index (κ3) is 6.07. The van der Waals surface area contributed by atoms with Gasteiger partial charge in [0, 0.05) is 5.56 Å². The minimum absolute atomic E-state index is 0.0537. The highest BCUT2D eigenvalue weighted by Crippen LogP contribution is 2.17. The molecule has 0 saturated carbocycles. The molecule has 1 aliphatic rings. The van der Waals surface area contributed by atoms with Crippen molar-refractivity contribution in [1.29, 1.82) is 0 Å². The molecule has 0 bridgehead atoms. The lowest BCUT2D eigenvalue weighted by Gasteiger charge is -2.28.